The monoisotopic (exact) mass is 237 g/mol. The fraction of sp³-hybridized carbons (Fsp3) is 0. The first-order chi connectivity index (χ1) is 4.20. The second-order valence-corrected chi connectivity index (χ2v) is 2.74. The van der Waals surface area contributed by atoms with Crippen molar-refractivity contribution in [1.29, 1.82) is 0 Å². The number of primary amides is 1. The molecule has 2 N–H and O–H groups in total. The molecule has 0 aromatic carbocycles. The van der Waals surface area contributed by atoms with E-state index in [0.29, 0.717) is 0 Å². The number of rotatable bonds is 1. The van der Waals surface area contributed by atoms with Crippen LogP contribution in [0.5, 0.6) is 0 Å². The zero-order valence-corrected chi connectivity index (χ0v) is 6.58. The maximum Gasteiger partial charge on any atom is 0.284 e. The van der Waals surface area contributed by atoms with E-state index in [1.807, 2.05) is 22.6 Å². The van der Waals surface area contributed by atoms with Gasteiger partial charge in [0.15, 0.2) is 5.76 Å². The van der Waals surface area contributed by atoms with Gasteiger partial charge in [-0.2, -0.15) is 0 Å². The summed E-state index contributed by atoms with van der Waals surface area (Å²) in [5, 5.41) is 0. The van der Waals surface area contributed by atoms with E-state index >= 15 is 0 Å². The lowest BCUT2D eigenvalue weighted by Gasteiger charge is -1.80. The summed E-state index contributed by atoms with van der Waals surface area (Å²) in [5.41, 5.74) is 4.89. The van der Waals surface area contributed by atoms with Crippen molar-refractivity contribution in [2.45, 2.75) is 0 Å². The van der Waals surface area contributed by atoms with Crippen molar-refractivity contribution in [1.82, 2.24) is 0 Å². The molecule has 1 amide bonds. The second kappa shape index (κ2) is 2.38. The van der Waals surface area contributed by atoms with Crippen LogP contribution in [-0.2, 0) is 0 Å². The smallest absolute Gasteiger partial charge is 0.284 e. The van der Waals surface area contributed by atoms with E-state index in [9.17, 15) is 4.79 Å². The first-order valence-electron chi connectivity index (χ1n) is 2.24. The highest BCUT2D eigenvalue weighted by molar-refractivity contribution is 14.1. The Balaban J connectivity index is 2.98. The van der Waals surface area contributed by atoms with Gasteiger partial charge in [-0.3, -0.25) is 4.79 Å². The van der Waals surface area contributed by atoms with Gasteiger partial charge in [-0.1, -0.05) is 0 Å². The fourth-order valence-corrected chi connectivity index (χ4v) is 0.852. The molecule has 1 heterocycles. The highest BCUT2D eigenvalue weighted by atomic mass is 127. The molecule has 0 atom stereocenters. The Morgan fingerprint density at radius 3 is 2.67 bits per heavy atom. The van der Waals surface area contributed by atoms with Crippen LogP contribution in [0.3, 0.4) is 0 Å². The number of nitrogens with two attached hydrogens (primary N) is 1. The lowest BCUT2D eigenvalue weighted by atomic mass is 10.4. The Labute approximate surface area is 65.4 Å². The van der Waals surface area contributed by atoms with Crippen LogP contribution in [0.25, 0.3) is 0 Å². The minimum absolute atomic E-state index is 0.208. The van der Waals surface area contributed by atoms with Crippen LogP contribution in [-0.4, -0.2) is 5.91 Å². The van der Waals surface area contributed by atoms with Crippen LogP contribution in [0.2, 0.25) is 0 Å². The molecule has 0 saturated carbocycles. The highest BCUT2D eigenvalue weighted by Gasteiger charge is 2.03. The van der Waals surface area contributed by atoms with Crippen molar-refractivity contribution in [3.05, 3.63) is 21.7 Å². The standard InChI is InChI=1S/C5H4INO2/c6-3-1-4(5(7)8)9-2-3/h1-2H,(H2,7,8). The number of amides is 1. The highest BCUT2D eigenvalue weighted by Crippen LogP contribution is 2.08. The molecule has 0 fully saturated rings. The molecule has 0 aliphatic rings. The summed E-state index contributed by atoms with van der Waals surface area (Å²) in [4.78, 5) is 10.3. The molecule has 3 nitrogen and oxygen atoms in total. The van der Waals surface area contributed by atoms with Crippen molar-refractivity contribution in [3.63, 3.8) is 0 Å². The van der Waals surface area contributed by atoms with Gasteiger partial charge < -0.3 is 10.2 Å². The molecule has 0 aliphatic carbocycles. The maximum atomic E-state index is 10.3. The van der Waals surface area contributed by atoms with Crippen LogP contribution in [0.1, 0.15) is 10.6 Å². The van der Waals surface area contributed by atoms with Crippen LogP contribution in [0.4, 0.5) is 0 Å². The first kappa shape index (κ1) is 6.60. The van der Waals surface area contributed by atoms with Crippen LogP contribution < -0.4 is 5.73 Å². The summed E-state index contributed by atoms with van der Waals surface area (Å²) in [6, 6.07) is 1.59. The van der Waals surface area contributed by atoms with Crippen molar-refractivity contribution in [2.75, 3.05) is 0 Å². The lowest BCUT2D eigenvalue weighted by molar-refractivity contribution is 0.0974. The Kier molecular flexibility index (Phi) is 1.75. The largest absolute Gasteiger partial charge is 0.458 e. The van der Waals surface area contributed by atoms with E-state index in [4.69, 9.17) is 10.2 Å². The molecule has 9 heavy (non-hydrogen) atoms. The summed E-state index contributed by atoms with van der Waals surface area (Å²) in [5.74, 6) is -0.322. The number of carbonyl (C=O) groups excluding carboxylic acids is 1. The maximum absolute atomic E-state index is 10.3. The molecule has 1 aromatic rings. The normalized spacial score (nSPS) is 9.44. The lowest BCUT2D eigenvalue weighted by Crippen LogP contribution is -2.09. The number of hydrogen-bond donors (Lipinski definition) is 1. The molecule has 1 rings (SSSR count). The van der Waals surface area contributed by atoms with Crippen molar-refractivity contribution in [2.24, 2.45) is 5.73 Å². The van der Waals surface area contributed by atoms with Gasteiger partial charge in [0.2, 0.25) is 0 Å². The summed E-state index contributed by atoms with van der Waals surface area (Å²) in [7, 11) is 0. The first-order valence-corrected chi connectivity index (χ1v) is 3.32. The summed E-state index contributed by atoms with van der Waals surface area (Å²) in [6.45, 7) is 0. The SMILES string of the molecule is NC(=O)c1cc(I)co1. The minimum atomic E-state index is -0.530. The topological polar surface area (TPSA) is 56.2 Å². The predicted molar refractivity (Wildman–Crippen MR) is 39.9 cm³/mol. The summed E-state index contributed by atoms with van der Waals surface area (Å²) >= 11 is 2.03. The van der Waals surface area contributed by atoms with Crippen molar-refractivity contribution >= 4 is 28.5 Å². The molecule has 0 radical (unpaired) electrons. The molecule has 48 valence electrons. The van der Waals surface area contributed by atoms with Gasteiger partial charge in [-0.05, 0) is 22.6 Å². The Morgan fingerprint density at radius 1 is 1.78 bits per heavy atom. The van der Waals surface area contributed by atoms with Crippen molar-refractivity contribution in [3.8, 4) is 0 Å². The fourth-order valence-electron chi connectivity index (χ4n) is 0.442. The molecule has 1 aromatic heterocycles. The molecule has 0 saturated heterocycles. The number of furan rings is 1. The summed E-state index contributed by atoms with van der Waals surface area (Å²) in [6.07, 6.45) is 1.47. The number of carbonyl (C=O) groups is 1. The van der Waals surface area contributed by atoms with E-state index in [2.05, 4.69) is 0 Å². The zero-order chi connectivity index (χ0) is 6.85. The molecule has 0 bridgehead atoms. The third-order valence-corrected chi connectivity index (χ3v) is 1.38. The van der Waals surface area contributed by atoms with E-state index in [0.717, 1.165) is 3.57 Å². The van der Waals surface area contributed by atoms with Crippen LogP contribution in [0, 0.1) is 3.57 Å². The molecule has 4 heteroatoms. The van der Waals surface area contributed by atoms with E-state index < -0.39 is 5.91 Å². The summed E-state index contributed by atoms with van der Waals surface area (Å²) < 4.78 is 5.62. The average Bonchev–Trinajstić information content (AvgIpc) is 2.14. The number of hydrogen-bond acceptors (Lipinski definition) is 2. The average molecular weight is 237 g/mol. The van der Waals surface area contributed by atoms with Gasteiger partial charge in [-0.25, -0.2) is 0 Å². The van der Waals surface area contributed by atoms with E-state index in [1.165, 1.54) is 6.26 Å². The molecule has 0 spiro atoms. The Bertz CT molecular complexity index is 231. The molecule has 0 unspecified atom stereocenters. The van der Waals surface area contributed by atoms with Gasteiger partial charge in [0.25, 0.3) is 5.91 Å². The van der Waals surface area contributed by atoms with Crippen molar-refractivity contribution < 1.29 is 9.21 Å². The van der Waals surface area contributed by atoms with Crippen LogP contribution in [0.15, 0.2) is 16.7 Å². The van der Waals surface area contributed by atoms with Gasteiger partial charge in [0.05, 0.1) is 3.57 Å². The molecular formula is C5H4INO2. The van der Waals surface area contributed by atoms with Gasteiger partial charge in [-0.15, -0.1) is 0 Å². The third kappa shape index (κ3) is 1.44. The second-order valence-electron chi connectivity index (χ2n) is 1.49. The molecular weight excluding hydrogens is 233 g/mol. The van der Waals surface area contributed by atoms with Gasteiger partial charge in [0.1, 0.15) is 6.26 Å². The Hall–Kier alpha value is -0.520. The van der Waals surface area contributed by atoms with Crippen LogP contribution >= 0.6 is 22.6 Å². The minimum Gasteiger partial charge on any atom is -0.458 e. The predicted octanol–water partition coefficient (Wildman–Crippen LogP) is 0.983. The zero-order valence-electron chi connectivity index (χ0n) is 4.43. The third-order valence-electron chi connectivity index (χ3n) is 0.810. The van der Waals surface area contributed by atoms with Gasteiger partial charge >= 0.3 is 0 Å². The van der Waals surface area contributed by atoms with Gasteiger partial charge in [0, 0.05) is 6.07 Å². The van der Waals surface area contributed by atoms with E-state index in [1.54, 1.807) is 6.07 Å². The molecule has 0 aliphatic heterocycles. The Morgan fingerprint density at radius 2 is 2.44 bits per heavy atom. The van der Waals surface area contributed by atoms with E-state index in [-0.39, 0.29) is 5.76 Å². The number of halogens is 1. The quantitative estimate of drug-likeness (QED) is 0.740.